The molecule has 1 heterocycles. The van der Waals surface area contributed by atoms with Gasteiger partial charge in [-0.25, -0.2) is 4.79 Å². The molecule has 168 valence electrons. The van der Waals surface area contributed by atoms with Crippen molar-refractivity contribution in [3.8, 4) is 17.2 Å². The number of allylic oxidation sites excluding steroid dienone is 4. The molecular formula is C26H34O5. The average molecular weight is 427 g/mol. The molecule has 0 aliphatic rings. The minimum Gasteiger partial charge on any atom is -0.492 e. The molecule has 0 aliphatic heterocycles. The van der Waals surface area contributed by atoms with E-state index in [4.69, 9.17) is 18.6 Å². The van der Waals surface area contributed by atoms with E-state index in [-0.39, 0.29) is 12.4 Å². The van der Waals surface area contributed by atoms with Crippen LogP contribution in [0.1, 0.15) is 53.4 Å². The summed E-state index contributed by atoms with van der Waals surface area (Å²) < 4.78 is 22.8. The Morgan fingerprint density at radius 2 is 1.84 bits per heavy atom. The van der Waals surface area contributed by atoms with Crippen LogP contribution in [0, 0.1) is 0 Å². The van der Waals surface area contributed by atoms with E-state index in [9.17, 15) is 4.79 Å². The number of benzene rings is 1. The van der Waals surface area contributed by atoms with E-state index < -0.39 is 5.63 Å². The fourth-order valence-corrected chi connectivity index (χ4v) is 3.09. The van der Waals surface area contributed by atoms with Crippen molar-refractivity contribution in [2.75, 3.05) is 20.3 Å². The second kappa shape index (κ2) is 12.7. The Balaban J connectivity index is 2.23. The van der Waals surface area contributed by atoms with Gasteiger partial charge in [-0.2, -0.15) is 0 Å². The zero-order chi connectivity index (χ0) is 22.6. The normalized spacial score (nSPS) is 11.7. The molecular weight excluding hydrogens is 392 g/mol. The Bertz CT molecular complexity index is 991. The SMILES string of the molecule is CC/C=C/CCOc1cccc2oc(=O)c(OC/C=C(\C)CCC=C(C)C)c(OC)c12. The van der Waals surface area contributed by atoms with Crippen molar-refractivity contribution in [2.45, 2.75) is 53.4 Å². The van der Waals surface area contributed by atoms with Gasteiger partial charge in [0, 0.05) is 0 Å². The van der Waals surface area contributed by atoms with Crippen molar-refractivity contribution >= 4 is 11.0 Å². The van der Waals surface area contributed by atoms with Crippen molar-refractivity contribution in [2.24, 2.45) is 0 Å². The first-order valence-electron chi connectivity index (χ1n) is 10.8. The summed E-state index contributed by atoms with van der Waals surface area (Å²) in [5.41, 5.74) is 2.35. The minimum atomic E-state index is -0.567. The summed E-state index contributed by atoms with van der Waals surface area (Å²) in [5.74, 6) is 0.994. The van der Waals surface area contributed by atoms with Crippen LogP contribution < -0.4 is 19.8 Å². The molecule has 0 spiro atoms. The molecule has 0 saturated carbocycles. The Labute approximate surface area is 185 Å². The first kappa shape index (κ1) is 24.3. The second-order valence-corrected chi connectivity index (χ2v) is 7.58. The smallest absolute Gasteiger partial charge is 0.383 e. The van der Waals surface area contributed by atoms with E-state index in [0.717, 1.165) is 25.7 Å². The van der Waals surface area contributed by atoms with Crippen LogP contribution in [0.25, 0.3) is 11.0 Å². The average Bonchev–Trinajstić information content (AvgIpc) is 2.73. The number of rotatable bonds is 12. The molecule has 0 amide bonds. The molecule has 0 fully saturated rings. The van der Waals surface area contributed by atoms with Crippen LogP contribution in [-0.4, -0.2) is 20.3 Å². The van der Waals surface area contributed by atoms with Gasteiger partial charge in [0.25, 0.3) is 0 Å². The van der Waals surface area contributed by atoms with E-state index in [1.807, 2.05) is 12.1 Å². The summed E-state index contributed by atoms with van der Waals surface area (Å²) in [6, 6.07) is 5.35. The summed E-state index contributed by atoms with van der Waals surface area (Å²) in [5, 5.41) is 0.600. The quantitative estimate of drug-likeness (QED) is 0.217. The molecule has 2 rings (SSSR count). The van der Waals surface area contributed by atoms with Crippen LogP contribution in [0.3, 0.4) is 0 Å². The highest BCUT2D eigenvalue weighted by molar-refractivity contribution is 5.91. The third-order valence-electron chi connectivity index (χ3n) is 4.71. The molecule has 0 aliphatic carbocycles. The Hall–Kier alpha value is -2.95. The van der Waals surface area contributed by atoms with E-state index in [2.05, 4.69) is 45.9 Å². The highest BCUT2D eigenvalue weighted by atomic mass is 16.5. The lowest BCUT2D eigenvalue weighted by molar-refractivity contribution is 0.304. The topological polar surface area (TPSA) is 57.9 Å². The van der Waals surface area contributed by atoms with Crippen molar-refractivity contribution in [3.63, 3.8) is 0 Å². The van der Waals surface area contributed by atoms with Crippen LogP contribution >= 0.6 is 0 Å². The second-order valence-electron chi connectivity index (χ2n) is 7.58. The molecule has 0 atom stereocenters. The Kier molecular flexibility index (Phi) is 9.95. The number of methoxy groups -OCH3 is 1. The van der Waals surface area contributed by atoms with E-state index in [0.29, 0.717) is 29.1 Å². The third kappa shape index (κ3) is 7.35. The van der Waals surface area contributed by atoms with Gasteiger partial charge in [0.1, 0.15) is 23.3 Å². The summed E-state index contributed by atoms with van der Waals surface area (Å²) in [6.07, 6.45) is 12.1. The predicted octanol–water partition coefficient (Wildman–Crippen LogP) is 6.61. The van der Waals surface area contributed by atoms with E-state index in [1.165, 1.54) is 18.3 Å². The number of hydrogen-bond acceptors (Lipinski definition) is 5. The lowest BCUT2D eigenvalue weighted by Gasteiger charge is -2.14. The van der Waals surface area contributed by atoms with Crippen molar-refractivity contribution in [1.82, 2.24) is 0 Å². The molecule has 5 heteroatoms. The molecule has 31 heavy (non-hydrogen) atoms. The number of fused-ring (bicyclic) bond motifs is 1. The number of hydrogen-bond donors (Lipinski definition) is 0. The largest absolute Gasteiger partial charge is 0.492 e. The van der Waals surface area contributed by atoms with Gasteiger partial charge in [-0.05, 0) is 64.7 Å². The molecule has 5 nitrogen and oxygen atoms in total. The summed E-state index contributed by atoms with van der Waals surface area (Å²) in [7, 11) is 1.52. The molecule has 0 radical (unpaired) electrons. The van der Waals surface area contributed by atoms with Gasteiger partial charge in [-0.3, -0.25) is 0 Å². The fourth-order valence-electron chi connectivity index (χ4n) is 3.09. The molecule has 0 bridgehead atoms. The Morgan fingerprint density at radius 3 is 2.55 bits per heavy atom. The van der Waals surface area contributed by atoms with Gasteiger partial charge in [0.2, 0.25) is 5.75 Å². The van der Waals surface area contributed by atoms with E-state index in [1.54, 1.807) is 12.1 Å². The van der Waals surface area contributed by atoms with Crippen LogP contribution in [0.5, 0.6) is 17.2 Å². The van der Waals surface area contributed by atoms with Gasteiger partial charge in [-0.1, -0.05) is 42.4 Å². The highest BCUT2D eigenvalue weighted by Gasteiger charge is 2.20. The fraction of sp³-hybridized carbons (Fsp3) is 0.423. The monoisotopic (exact) mass is 426 g/mol. The predicted molar refractivity (Wildman–Crippen MR) is 126 cm³/mol. The molecule has 0 N–H and O–H groups in total. The lowest BCUT2D eigenvalue weighted by Crippen LogP contribution is -2.10. The zero-order valence-electron chi connectivity index (χ0n) is 19.3. The standard InChI is InChI=1S/C26H34O5/c1-6-7-8-9-17-29-21-14-11-15-22-23(21)24(28-5)25(26(27)31-22)30-18-16-20(4)13-10-12-19(2)3/h7-8,11-12,14-16H,6,9-10,13,17-18H2,1-5H3/b8-7+,20-16+. The molecule has 1 aromatic carbocycles. The lowest BCUT2D eigenvalue weighted by atomic mass is 10.1. The summed E-state index contributed by atoms with van der Waals surface area (Å²) >= 11 is 0. The van der Waals surface area contributed by atoms with Gasteiger partial charge in [0.05, 0.1) is 13.7 Å². The van der Waals surface area contributed by atoms with Crippen LogP contribution in [0.4, 0.5) is 0 Å². The van der Waals surface area contributed by atoms with Crippen LogP contribution in [0.15, 0.2) is 62.9 Å². The highest BCUT2D eigenvalue weighted by Crippen LogP contribution is 2.38. The number of ether oxygens (including phenoxy) is 3. The molecule has 0 unspecified atom stereocenters. The third-order valence-corrected chi connectivity index (χ3v) is 4.71. The van der Waals surface area contributed by atoms with Crippen molar-refractivity contribution in [3.05, 3.63) is 64.1 Å². The van der Waals surface area contributed by atoms with Gasteiger partial charge < -0.3 is 18.6 Å². The van der Waals surface area contributed by atoms with Crippen LogP contribution in [-0.2, 0) is 0 Å². The van der Waals surface area contributed by atoms with Gasteiger partial charge >= 0.3 is 5.63 Å². The van der Waals surface area contributed by atoms with Gasteiger partial charge in [-0.15, -0.1) is 0 Å². The van der Waals surface area contributed by atoms with Crippen LogP contribution in [0.2, 0.25) is 0 Å². The zero-order valence-corrected chi connectivity index (χ0v) is 19.3. The molecule has 0 saturated heterocycles. The molecule has 2 aromatic rings. The van der Waals surface area contributed by atoms with Gasteiger partial charge in [0.15, 0.2) is 5.75 Å². The van der Waals surface area contributed by atoms with Crippen molar-refractivity contribution in [1.29, 1.82) is 0 Å². The first-order chi connectivity index (χ1) is 15.0. The summed E-state index contributed by atoms with van der Waals surface area (Å²) in [6.45, 7) is 9.11. The Morgan fingerprint density at radius 1 is 1.03 bits per heavy atom. The maximum Gasteiger partial charge on any atom is 0.383 e. The first-order valence-corrected chi connectivity index (χ1v) is 10.8. The minimum absolute atomic E-state index is 0.0604. The molecule has 1 aromatic heterocycles. The van der Waals surface area contributed by atoms with E-state index >= 15 is 0 Å². The maximum atomic E-state index is 12.5. The summed E-state index contributed by atoms with van der Waals surface area (Å²) in [4.78, 5) is 12.5. The van der Waals surface area contributed by atoms with Crippen molar-refractivity contribution < 1.29 is 18.6 Å². The maximum absolute atomic E-state index is 12.5.